The normalized spacial score (nSPS) is 11.1. The van der Waals surface area contributed by atoms with Crippen LogP contribution in [0, 0.1) is 6.92 Å². The number of nitrogens with zero attached hydrogens (tertiary/aromatic N) is 2. The first kappa shape index (κ1) is 13.0. The summed E-state index contributed by atoms with van der Waals surface area (Å²) in [7, 11) is 0. The van der Waals surface area contributed by atoms with Crippen molar-refractivity contribution in [2.24, 2.45) is 0 Å². The molecule has 2 aromatic rings. The van der Waals surface area contributed by atoms with Crippen molar-refractivity contribution >= 4 is 17.4 Å². The third kappa shape index (κ3) is 3.04. The van der Waals surface area contributed by atoms with Gasteiger partial charge in [0.15, 0.2) is 5.82 Å². The molecule has 0 saturated heterocycles. The Morgan fingerprint density at radius 1 is 1.39 bits per heavy atom. The van der Waals surface area contributed by atoms with Crippen LogP contribution in [0.4, 0.5) is 5.69 Å². The van der Waals surface area contributed by atoms with Gasteiger partial charge in [0.25, 0.3) is 5.89 Å². The minimum atomic E-state index is 0.541. The SMILES string of the molecule is Cc1ccc(N)cc1-c1nc(CSC(C)C)no1. The summed E-state index contributed by atoms with van der Waals surface area (Å²) in [5.41, 5.74) is 8.46. The molecule has 0 atom stereocenters. The van der Waals surface area contributed by atoms with Gasteiger partial charge in [-0.15, -0.1) is 0 Å². The molecule has 0 amide bonds. The Hall–Kier alpha value is -1.49. The highest BCUT2D eigenvalue weighted by Crippen LogP contribution is 2.25. The van der Waals surface area contributed by atoms with Crippen molar-refractivity contribution in [2.45, 2.75) is 31.8 Å². The van der Waals surface area contributed by atoms with Crippen molar-refractivity contribution in [1.29, 1.82) is 0 Å². The monoisotopic (exact) mass is 263 g/mol. The van der Waals surface area contributed by atoms with Crippen LogP contribution < -0.4 is 5.73 Å². The first-order valence-corrected chi connectivity index (χ1v) is 6.92. The van der Waals surface area contributed by atoms with Crippen molar-refractivity contribution in [2.75, 3.05) is 5.73 Å². The van der Waals surface area contributed by atoms with Crippen LogP contribution in [0.5, 0.6) is 0 Å². The Kier molecular flexibility index (Phi) is 3.91. The second-order valence-corrected chi connectivity index (χ2v) is 6.01. The zero-order valence-electron chi connectivity index (χ0n) is 10.8. The molecule has 2 N–H and O–H groups in total. The lowest BCUT2D eigenvalue weighted by atomic mass is 10.1. The van der Waals surface area contributed by atoms with Crippen LogP contribution in [0.15, 0.2) is 22.7 Å². The van der Waals surface area contributed by atoms with Crippen LogP contribution >= 0.6 is 11.8 Å². The van der Waals surface area contributed by atoms with Gasteiger partial charge < -0.3 is 10.3 Å². The summed E-state index contributed by atoms with van der Waals surface area (Å²) in [5, 5.41) is 4.54. The van der Waals surface area contributed by atoms with E-state index in [0.29, 0.717) is 16.8 Å². The van der Waals surface area contributed by atoms with Crippen LogP contribution in [0.1, 0.15) is 25.2 Å². The molecule has 0 radical (unpaired) electrons. The summed E-state index contributed by atoms with van der Waals surface area (Å²) < 4.78 is 5.29. The fourth-order valence-electron chi connectivity index (χ4n) is 1.53. The number of benzene rings is 1. The predicted octanol–water partition coefficient (Wildman–Crippen LogP) is 3.27. The molecule has 96 valence electrons. The first-order valence-electron chi connectivity index (χ1n) is 5.87. The fraction of sp³-hybridized carbons (Fsp3) is 0.385. The first-order chi connectivity index (χ1) is 8.56. The quantitative estimate of drug-likeness (QED) is 0.858. The van der Waals surface area contributed by atoms with Gasteiger partial charge in [-0.3, -0.25) is 0 Å². The predicted molar refractivity (Wildman–Crippen MR) is 75.3 cm³/mol. The summed E-state index contributed by atoms with van der Waals surface area (Å²) in [5.74, 6) is 2.03. The summed E-state index contributed by atoms with van der Waals surface area (Å²) in [6, 6.07) is 5.68. The maximum atomic E-state index is 5.78. The van der Waals surface area contributed by atoms with Crippen molar-refractivity contribution in [3.8, 4) is 11.5 Å². The van der Waals surface area contributed by atoms with Crippen molar-refractivity contribution in [3.63, 3.8) is 0 Å². The van der Waals surface area contributed by atoms with Gasteiger partial charge in [0.2, 0.25) is 0 Å². The Morgan fingerprint density at radius 3 is 2.89 bits per heavy atom. The lowest BCUT2D eigenvalue weighted by Crippen LogP contribution is -1.91. The van der Waals surface area contributed by atoms with E-state index >= 15 is 0 Å². The van der Waals surface area contributed by atoms with E-state index in [1.54, 1.807) is 11.8 Å². The molecule has 2 rings (SSSR count). The Balaban J connectivity index is 2.21. The van der Waals surface area contributed by atoms with Gasteiger partial charge in [-0.25, -0.2) is 0 Å². The number of aryl methyl sites for hydroxylation is 1. The van der Waals surface area contributed by atoms with Crippen LogP contribution in [-0.4, -0.2) is 15.4 Å². The number of aromatic nitrogens is 2. The second-order valence-electron chi connectivity index (χ2n) is 4.45. The van der Waals surface area contributed by atoms with E-state index in [-0.39, 0.29) is 0 Å². The van der Waals surface area contributed by atoms with Gasteiger partial charge in [-0.1, -0.05) is 25.1 Å². The van der Waals surface area contributed by atoms with Crippen LogP contribution in [0.25, 0.3) is 11.5 Å². The summed E-state index contributed by atoms with van der Waals surface area (Å²) in [4.78, 5) is 4.40. The van der Waals surface area contributed by atoms with E-state index in [1.807, 2.05) is 25.1 Å². The number of rotatable bonds is 4. The molecule has 0 unspecified atom stereocenters. The highest BCUT2D eigenvalue weighted by molar-refractivity contribution is 7.99. The van der Waals surface area contributed by atoms with Gasteiger partial charge >= 0.3 is 0 Å². The standard InChI is InChI=1S/C13H17N3OS/c1-8(2)18-7-12-15-13(17-16-12)11-6-10(14)5-4-9(11)3/h4-6,8H,7,14H2,1-3H3. The topological polar surface area (TPSA) is 64.9 Å². The molecule has 0 bridgehead atoms. The number of hydrogen-bond donors (Lipinski definition) is 1. The van der Waals surface area contributed by atoms with Crippen LogP contribution in [-0.2, 0) is 5.75 Å². The van der Waals surface area contributed by atoms with E-state index in [2.05, 4.69) is 24.0 Å². The van der Waals surface area contributed by atoms with Gasteiger partial charge in [0, 0.05) is 11.3 Å². The highest BCUT2D eigenvalue weighted by atomic mass is 32.2. The smallest absolute Gasteiger partial charge is 0.258 e. The molecule has 0 aliphatic carbocycles. The lowest BCUT2D eigenvalue weighted by Gasteiger charge is -2.01. The number of nitrogens with two attached hydrogens (primary N) is 1. The number of hydrogen-bond acceptors (Lipinski definition) is 5. The Morgan fingerprint density at radius 2 is 2.17 bits per heavy atom. The van der Waals surface area contributed by atoms with Gasteiger partial charge in [0.1, 0.15) is 0 Å². The van der Waals surface area contributed by atoms with E-state index in [1.165, 1.54) is 0 Å². The lowest BCUT2D eigenvalue weighted by molar-refractivity contribution is 0.425. The second kappa shape index (κ2) is 5.44. The van der Waals surface area contributed by atoms with E-state index in [4.69, 9.17) is 10.3 Å². The molecule has 1 aromatic carbocycles. The minimum absolute atomic E-state index is 0.541. The molecule has 1 heterocycles. The zero-order valence-corrected chi connectivity index (χ0v) is 11.6. The van der Waals surface area contributed by atoms with Crippen LogP contribution in [0.2, 0.25) is 0 Å². The number of thioether (sulfide) groups is 1. The number of anilines is 1. The summed E-state index contributed by atoms with van der Waals surface area (Å²) >= 11 is 1.79. The van der Waals surface area contributed by atoms with Gasteiger partial charge in [-0.2, -0.15) is 16.7 Å². The van der Waals surface area contributed by atoms with E-state index < -0.39 is 0 Å². The number of nitrogen functional groups attached to an aromatic ring is 1. The molecular weight excluding hydrogens is 246 g/mol. The van der Waals surface area contributed by atoms with E-state index in [0.717, 1.165) is 22.7 Å². The van der Waals surface area contributed by atoms with Crippen molar-refractivity contribution < 1.29 is 4.52 Å². The van der Waals surface area contributed by atoms with Crippen molar-refractivity contribution in [1.82, 2.24) is 10.1 Å². The molecule has 18 heavy (non-hydrogen) atoms. The molecule has 0 saturated carbocycles. The molecule has 1 aromatic heterocycles. The van der Waals surface area contributed by atoms with Crippen molar-refractivity contribution in [3.05, 3.63) is 29.6 Å². The third-order valence-electron chi connectivity index (χ3n) is 2.51. The Labute approximate surface area is 111 Å². The van der Waals surface area contributed by atoms with E-state index in [9.17, 15) is 0 Å². The van der Waals surface area contributed by atoms with Crippen LogP contribution in [0.3, 0.4) is 0 Å². The van der Waals surface area contributed by atoms with Gasteiger partial charge in [-0.05, 0) is 29.9 Å². The maximum absolute atomic E-state index is 5.78. The minimum Gasteiger partial charge on any atom is -0.399 e. The molecule has 4 nitrogen and oxygen atoms in total. The molecular formula is C13H17N3OS. The maximum Gasteiger partial charge on any atom is 0.258 e. The summed E-state index contributed by atoms with van der Waals surface area (Å²) in [6.07, 6.45) is 0. The Bertz CT molecular complexity index is 537. The molecule has 5 heteroatoms. The summed E-state index contributed by atoms with van der Waals surface area (Å²) in [6.45, 7) is 6.29. The molecule has 0 spiro atoms. The molecule has 0 aliphatic rings. The average Bonchev–Trinajstić information content (AvgIpc) is 2.78. The zero-order chi connectivity index (χ0) is 13.1. The highest BCUT2D eigenvalue weighted by Gasteiger charge is 2.11. The molecule has 0 aliphatic heterocycles. The largest absolute Gasteiger partial charge is 0.399 e. The van der Waals surface area contributed by atoms with Gasteiger partial charge in [0.05, 0.1) is 5.75 Å². The molecule has 0 fully saturated rings. The average molecular weight is 263 g/mol. The fourth-order valence-corrected chi connectivity index (χ4v) is 2.13. The third-order valence-corrected chi connectivity index (χ3v) is 3.60.